The molecule has 0 atom stereocenters. The van der Waals surface area contributed by atoms with Crippen LogP contribution in [-0.4, -0.2) is 58.0 Å². The molecule has 0 aromatic rings. The van der Waals surface area contributed by atoms with Gasteiger partial charge in [0.25, 0.3) is 0 Å². The third kappa shape index (κ3) is 82.4. The van der Waals surface area contributed by atoms with Crippen molar-refractivity contribution in [2.75, 3.05) is 0 Å². The first-order chi connectivity index (χ1) is 2.00. The molecule has 0 rings (SSSR count). The average molecular weight is 176 g/mol. The number of rotatable bonds is 0. The Kier molecular flexibility index (Phi) is 13.4. The fourth-order valence-electron chi connectivity index (χ4n) is 0. The number of hydrogen-bond donors (Lipinski definition) is 4. The third-order valence-corrected chi connectivity index (χ3v) is 0. The molecule has 0 aliphatic carbocycles. The normalized spacial score (nSPS) is 8.57. The van der Waals surface area contributed by atoms with Gasteiger partial charge in [-0.25, -0.2) is 0 Å². The molecule has 7 heavy (non-hydrogen) atoms. The van der Waals surface area contributed by atoms with Gasteiger partial charge in [0, 0.05) is 0 Å². The van der Waals surface area contributed by atoms with Crippen LogP contribution in [0.5, 0.6) is 0 Å². The Labute approximate surface area is 75.2 Å². The summed E-state index contributed by atoms with van der Waals surface area (Å²) >= 11 is -5.00. The second-order valence-electron chi connectivity index (χ2n) is 0.600. The van der Waals surface area contributed by atoms with Gasteiger partial charge < -0.3 is 5.48 Å². The maximum absolute atomic E-state index is 7.38. The molecule has 0 amide bonds. The Morgan fingerprint density at radius 1 is 0.857 bits per heavy atom. The summed E-state index contributed by atoms with van der Waals surface area (Å²) in [5.74, 6) is 0. The standard InChI is InChI=1S/Ca.5H2O.Ti.2H/h;5*1H2;;;/q;;;;;;+4;;/p-4. The molecule has 0 saturated carbocycles. The molecule has 0 spiro atoms. The molecule has 6 N–H and O–H groups in total. The van der Waals surface area contributed by atoms with Gasteiger partial charge in [-0.05, 0) is 0 Å². The van der Waals surface area contributed by atoms with E-state index in [0.29, 0.717) is 0 Å². The van der Waals surface area contributed by atoms with Gasteiger partial charge in [-0.1, -0.05) is 0 Å². The van der Waals surface area contributed by atoms with Crippen molar-refractivity contribution in [3.8, 4) is 0 Å². The van der Waals surface area contributed by atoms with Crippen molar-refractivity contribution < 1.29 is 38.4 Å². The fraction of sp³-hybridized carbons (Fsp3) is 0. The SMILES string of the molecule is O.[CaH2].[OH][Ti]([OH])([OH])[OH]. The third-order valence-electron chi connectivity index (χ3n) is 0. The van der Waals surface area contributed by atoms with Gasteiger partial charge in [-0.3, -0.25) is 0 Å². The van der Waals surface area contributed by atoms with E-state index in [1.54, 1.807) is 0 Å². The Hall–Kier alpha value is 1.77. The zero-order chi connectivity index (χ0) is 4.50. The van der Waals surface area contributed by atoms with Gasteiger partial charge in [-0.15, -0.1) is 0 Å². The van der Waals surface area contributed by atoms with Crippen LogP contribution in [0.25, 0.3) is 0 Å². The molecule has 0 unspecified atom stereocenters. The van der Waals surface area contributed by atoms with Gasteiger partial charge in [0.1, 0.15) is 0 Å². The summed E-state index contributed by atoms with van der Waals surface area (Å²) in [6, 6.07) is 0. The molecule has 5 nitrogen and oxygen atoms in total. The Bertz CT molecular complexity index is 23.6. The molecular weight excluding hydrogens is 168 g/mol. The van der Waals surface area contributed by atoms with Crippen LogP contribution in [0.1, 0.15) is 0 Å². The minimum absolute atomic E-state index is 0. The molecular formula is H8CaO5Ti. The van der Waals surface area contributed by atoms with E-state index in [-0.39, 0.29) is 43.2 Å². The summed E-state index contributed by atoms with van der Waals surface area (Å²) in [6.45, 7) is 0. The minimum atomic E-state index is -5.00. The van der Waals surface area contributed by atoms with E-state index < -0.39 is 18.1 Å². The zero-order valence-corrected chi connectivity index (χ0v) is 4.35. The first-order valence-electron chi connectivity index (χ1n) is 0.894. The first-order valence-corrected chi connectivity index (χ1v) is 3.69. The van der Waals surface area contributed by atoms with E-state index in [1.165, 1.54) is 0 Å². The molecule has 0 aromatic heterocycles. The fourth-order valence-corrected chi connectivity index (χ4v) is 0. The predicted octanol–water partition coefficient (Wildman–Crippen LogP) is -3.97. The molecule has 0 radical (unpaired) electrons. The Morgan fingerprint density at radius 2 is 0.857 bits per heavy atom. The summed E-state index contributed by atoms with van der Waals surface area (Å²) in [4.78, 5) is 0. The summed E-state index contributed by atoms with van der Waals surface area (Å²) in [6.07, 6.45) is 0. The second-order valence-corrected chi connectivity index (χ2v) is 2.47. The van der Waals surface area contributed by atoms with E-state index in [0.717, 1.165) is 0 Å². The van der Waals surface area contributed by atoms with Crippen LogP contribution in [0, 0.1) is 0 Å². The molecule has 0 fully saturated rings. The molecule has 0 aliphatic heterocycles. The van der Waals surface area contributed by atoms with Crippen molar-refractivity contribution in [1.82, 2.24) is 0 Å². The molecule has 0 bridgehead atoms. The van der Waals surface area contributed by atoms with E-state index in [9.17, 15) is 0 Å². The van der Waals surface area contributed by atoms with Gasteiger partial charge in [0.15, 0.2) is 0 Å². The van der Waals surface area contributed by atoms with Gasteiger partial charge in [-0.2, -0.15) is 0 Å². The summed E-state index contributed by atoms with van der Waals surface area (Å²) in [7, 11) is 0. The van der Waals surface area contributed by atoms with Crippen molar-refractivity contribution in [2.24, 2.45) is 0 Å². The first kappa shape index (κ1) is 15.9. The molecule has 44 valence electrons. The van der Waals surface area contributed by atoms with E-state index in [2.05, 4.69) is 0 Å². The van der Waals surface area contributed by atoms with Crippen LogP contribution in [0.4, 0.5) is 0 Å². The summed E-state index contributed by atoms with van der Waals surface area (Å²) in [5.41, 5.74) is 0. The molecule has 0 aliphatic rings. The van der Waals surface area contributed by atoms with Crippen molar-refractivity contribution in [1.29, 1.82) is 0 Å². The van der Waals surface area contributed by atoms with Gasteiger partial charge in [0.05, 0.1) is 0 Å². The maximum atomic E-state index is 7.38. The van der Waals surface area contributed by atoms with Crippen LogP contribution < -0.4 is 0 Å². The van der Waals surface area contributed by atoms with Crippen LogP contribution in [0.2, 0.25) is 0 Å². The van der Waals surface area contributed by atoms with Crippen LogP contribution >= 0.6 is 0 Å². The molecule has 0 aromatic carbocycles. The van der Waals surface area contributed by atoms with Crippen molar-refractivity contribution in [3.63, 3.8) is 0 Å². The second kappa shape index (κ2) is 5.90. The zero-order valence-electron chi connectivity index (χ0n) is 2.79. The van der Waals surface area contributed by atoms with E-state index in [1.807, 2.05) is 0 Å². The van der Waals surface area contributed by atoms with Crippen LogP contribution in [0.3, 0.4) is 0 Å². The van der Waals surface area contributed by atoms with Crippen molar-refractivity contribution in [3.05, 3.63) is 0 Å². The monoisotopic (exact) mass is 176 g/mol. The molecule has 0 heterocycles. The van der Waals surface area contributed by atoms with E-state index >= 15 is 0 Å². The van der Waals surface area contributed by atoms with Crippen LogP contribution in [-0.2, 0) is 18.1 Å². The van der Waals surface area contributed by atoms with Gasteiger partial charge in [0.2, 0.25) is 0 Å². The topological polar surface area (TPSA) is 112 Å². The van der Waals surface area contributed by atoms with E-state index in [4.69, 9.17) is 14.8 Å². The summed E-state index contributed by atoms with van der Waals surface area (Å²) in [5, 5.41) is 0. The van der Waals surface area contributed by atoms with Crippen molar-refractivity contribution >= 4 is 37.7 Å². The summed E-state index contributed by atoms with van der Waals surface area (Å²) < 4.78 is 29.5. The Balaban J connectivity index is -0.0000000800. The Morgan fingerprint density at radius 3 is 0.857 bits per heavy atom. The van der Waals surface area contributed by atoms with Crippen LogP contribution in [0.15, 0.2) is 0 Å². The molecule has 0 saturated heterocycles. The van der Waals surface area contributed by atoms with Crippen molar-refractivity contribution in [2.45, 2.75) is 0 Å². The van der Waals surface area contributed by atoms with Gasteiger partial charge >= 0.3 is 70.6 Å². The average Bonchev–Trinajstić information content (AvgIpc) is 0.722. The molecule has 7 heteroatoms. The predicted molar refractivity (Wildman–Crippen MR) is 21.0 cm³/mol. The quantitative estimate of drug-likeness (QED) is 0.282. The number of hydrogen-bond acceptors (Lipinski definition) is 4.